The lowest BCUT2D eigenvalue weighted by molar-refractivity contribution is 0.0578. The molecule has 1 saturated carbocycles. The van der Waals surface area contributed by atoms with Crippen LogP contribution in [0.1, 0.15) is 33.6 Å². The molecule has 0 saturated heterocycles. The second-order valence-corrected chi connectivity index (χ2v) is 6.20. The Kier molecular flexibility index (Phi) is 3.63. The summed E-state index contributed by atoms with van der Waals surface area (Å²) in [6.45, 7) is 5.54. The summed E-state index contributed by atoms with van der Waals surface area (Å²) >= 11 is 6.18. The molecule has 0 atom stereocenters. The maximum atomic E-state index is 12.3. The zero-order valence-corrected chi connectivity index (χ0v) is 12.2. The molecule has 4 nitrogen and oxygen atoms in total. The van der Waals surface area contributed by atoms with Crippen LogP contribution in [0.3, 0.4) is 0 Å². The van der Waals surface area contributed by atoms with E-state index in [1.54, 1.807) is 23.1 Å². The van der Waals surface area contributed by atoms with Gasteiger partial charge in [-0.1, -0.05) is 11.6 Å². The van der Waals surface area contributed by atoms with E-state index in [2.05, 4.69) is 0 Å². The van der Waals surface area contributed by atoms with E-state index in [1.165, 1.54) is 0 Å². The number of nitrogen functional groups attached to an aromatic ring is 1. The van der Waals surface area contributed by atoms with E-state index >= 15 is 0 Å². The fourth-order valence-electron chi connectivity index (χ4n) is 1.81. The highest BCUT2D eigenvalue weighted by molar-refractivity contribution is 6.34. The van der Waals surface area contributed by atoms with Crippen LogP contribution in [0.25, 0.3) is 0 Å². The fraction of sp³-hybridized carbons (Fsp3) is 0.500. The van der Waals surface area contributed by atoms with Gasteiger partial charge in [-0.25, -0.2) is 4.79 Å². The van der Waals surface area contributed by atoms with E-state index in [4.69, 9.17) is 22.1 Å². The predicted octanol–water partition coefficient (Wildman–Crippen LogP) is 3.83. The minimum Gasteiger partial charge on any atom is -0.443 e. The molecule has 0 aliphatic heterocycles. The van der Waals surface area contributed by atoms with Gasteiger partial charge in [-0.2, -0.15) is 0 Å². The molecule has 0 heterocycles. The molecule has 0 aromatic heterocycles. The van der Waals surface area contributed by atoms with Crippen LogP contribution in [0.15, 0.2) is 18.2 Å². The molecule has 1 aliphatic carbocycles. The number of anilines is 2. The Bertz CT molecular complexity index is 493. The molecule has 1 fully saturated rings. The van der Waals surface area contributed by atoms with Crippen LogP contribution < -0.4 is 10.6 Å². The van der Waals surface area contributed by atoms with Gasteiger partial charge in [-0.15, -0.1) is 0 Å². The second kappa shape index (κ2) is 4.93. The molecular formula is C14H19ClN2O2. The Morgan fingerprint density at radius 1 is 1.42 bits per heavy atom. The van der Waals surface area contributed by atoms with Crippen molar-refractivity contribution in [1.82, 2.24) is 0 Å². The predicted molar refractivity (Wildman–Crippen MR) is 77.6 cm³/mol. The minimum absolute atomic E-state index is 0.177. The van der Waals surface area contributed by atoms with Gasteiger partial charge in [0, 0.05) is 11.7 Å². The summed E-state index contributed by atoms with van der Waals surface area (Å²) < 4.78 is 5.44. The summed E-state index contributed by atoms with van der Waals surface area (Å²) in [7, 11) is 0. The molecule has 5 heteroatoms. The highest BCUT2D eigenvalue weighted by Gasteiger charge is 2.37. The first-order chi connectivity index (χ1) is 8.78. The third-order valence-corrected chi connectivity index (χ3v) is 3.04. The number of carbonyl (C=O) groups excluding carboxylic acids is 1. The fourth-order valence-corrected chi connectivity index (χ4v) is 2.09. The maximum absolute atomic E-state index is 12.3. The SMILES string of the molecule is CC(C)(C)OC(=O)N(c1ccc(N)cc1Cl)C1CC1. The highest BCUT2D eigenvalue weighted by Crippen LogP contribution is 2.37. The average molecular weight is 283 g/mol. The number of rotatable bonds is 2. The van der Waals surface area contributed by atoms with Crippen LogP contribution in [0.5, 0.6) is 0 Å². The molecule has 2 N–H and O–H groups in total. The van der Waals surface area contributed by atoms with Crippen LogP contribution in [-0.4, -0.2) is 17.7 Å². The number of hydrogen-bond donors (Lipinski definition) is 1. The molecule has 1 aromatic carbocycles. The molecule has 2 rings (SSSR count). The minimum atomic E-state index is -0.523. The molecule has 1 aromatic rings. The lowest BCUT2D eigenvalue weighted by Gasteiger charge is -2.28. The van der Waals surface area contributed by atoms with E-state index in [9.17, 15) is 4.79 Å². The molecule has 0 spiro atoms. The van der Waals surface area contributed by atoms with Gasteiger partial charge in [-0.3, -0.25) is 4.90 Å². The number of amides is 1. The number of ether oxygens (including phenoxy) is 1. The van der Waals surface area contributed by atoms with Crippen molar-refractivity contribution >= 4 is 29.1 Å². The summed E-state index contributed by atoms with van der Waals surface area (Å²) in [4.78, 5) is 13.9. The van der Waals surface area contributed by atoms with Crippen LogP contribution in [0.4, 0.5) is 16.2 Å². The summed E-state index contributed by atoms with van der Waals surface area (Å²) in [5.74, 6) is 0. The topological polar surface area (TPSA) is 55.6 Å². The van der Waals surface area contributed by atoms with Crippen molar-refractivity contribution in [2.24, 2.45) is 0 Å². The van der Waals surface area contributed by atoms with Crippen molar-refractivity contribution in [1.29, 1.82) is 0 Å². The third-order valence-electron chi connectivity index (χ3n) is 2.73. The Hall–Kier alpha value is -1.42. The van der Waals surface area contributed by atoms with Gasteiger partial charge in [0.2, 0.25) is 0 Å². The molecule has 19 heavy (non-hydrogen) atoms. The normalized spacial score (nSPS) is 15.2. The lowest BCUT2D eigenvalue weighted by atomic mass is 10.2. The Morgan fingerprint density at radius 2 is 2.05 bits per heavy atom. The molecule has 0 radical (unpaired) electrons. The van der Waals surface area contributed by atoms with Gasteiger partial charge >= 0.3 is 6.09 Å². The standard InChI is InChI=1S/C14H19ClN2O2/c1-14(2,3)19-13(18)17(10-5-6-10)12-7-4-9(16)8-11(12)15/h4,7-8,10H,5-6,16H2,1-3H3. The summed E-state index contributed by atoms with van der Waals surface area (Å²) in [5.41, 5.74) is 6.39. The van der Waals surface area contributed by atoms with Crippen molar-refractivity contribution in [2.45, 2.75) is 45.3 Å². The van der Waals surface area contributed by atoms with Gasteiger partial charge in [0.25, 0.3) is 0 Å². The number of hydrogen-bond acceptors (Lipinski definition) is 3. The molecule has 1 aliphatic rings. The van der Waals surface area contributed by atoms with Crippen LogP contribution >= 0.6 is 11.6 Å². The Morgan fingerprint density at radius 3 is 2.53 bits per heavy atom. The first kappa shape index (κ1) is 14.0. The number of nitrogens with two attached hydrogens (primary N) is 1. The first-order valence-electron chi connectivity index (χ1n) is 6.35. The molecule has 104 valence electrons. The number of halogens is 1. The van der Waals surface area contributed by atoms with Crippen molar-refractivity contribution in [3.05, 3.63) is 23.2 Å². The maximum Gasteiger partial charge on any atom is 0.415 e. The van der Waals surface area contributed by atoms with Crippen LogP contribution in [-0.2, 0) is 4.74 Å². The second-order valence-electron chi connectivity index (χ2n) is 5.79. The van der Waals surface area contributed by atoms with Crippen molar-refractivity contribution < 1.29 is 9.53 Å². The summed E-state index contributed by atoms with van der Waals surface area (Å²) in [6.07, 6.45) is 1.58. The van der Waals surface area contributed by atoms with Gasteiger partial charge in [-0.05, 0) is 51.8 Å². The number of benzene rings is 1. The van der Waals surface area contributed by atoms with E-state index in [0.29, 0.717) is 16.4 Å². The van der Waals surface area contributed by atoms with Crippen LogP contribution in [0.2, 0.25) is 5.02 Å². The lowest BCUT2D eigenvalue weighted by Crippen LogP contribution is -2.38. The average Bonchev–Trinajstić information content (AvgIpc) is 3.03. The quantitative estimate of drug-likeness (QED) is 0.839. The van der Waals surface area contributed by atoms with E-state index in [-0.39, 0.29) is 12.1 Å². The third kappa shape index (κ3) is 3.53. The molecule has 1 amide bonds. The highest BCUT2D eigenvalue weighted by atomic mass is 35.5. The Balaban J connectivity index is 2.27. The first-order valence-corrected chi connectivity index (χ1v) is 6.73. The number of carbonyl (C=O) groups is 1. The molecule has 0 unspecified atom stereocenters. The van der Waals surface area contributed by atoms with Crippen molar-refractivity contribution in [2.75, 3.05) is 10.6 Å². The van der Waals surface area contributed by atoms with Crippen molar-refractivity contribution in [3.63, 3.8) is 0 Å². The van der Waals surface area contributed by atoms with E-state index in [1.807, 2.05) is 20.8 Å². The van der Waals surface area contributed by atoms with Crippen LogP contribution in [0, 0.1) is 0 Å². The zero-order valence-electron chi connectivity index (χ0n) is 11.4. The smallest absolute Gasteiger partial charge is 0.415 e. The van der Waals surface area contributed by atoms with Gasteiger partial charge < -0.3 is 10.5 Å². The van der Waals surface area contributed by atoms with Crippen molar-refractivity contribution in [3.8, 4) is 0 Å². The Labute approximate surface area is 118 Å². The summed E-state index contributed by atoms with van der Waals surface area (Å²) in [6, 6.07) is 5.33. The van der Waals surface area contributed by atoms with Gasteiger partial charge in [0.15, 0.2) is 0 Å². The largest absolute Gasteiger partial charge is 0.443 e. The summed E-state index contributed by atoms with van der Waals surface area (Å²) in [5, 5.41) is 0.470. The molecular weight excluding hydrogens is 264 g/mol. The van der Waals surface area contributed by atoms with Gasteiger partial charge in [0.05, 0.1) is 10.7 Å². The monoisotopic (exact) mass is 282 g/mol. The van der Waals surface area contributed by atoms with E-state index < -0.39 is 5.60 Å². The van der Waals surface area contributed by atoms with Gasteiger partial charge in [0.1, 0.15) is 5.60 Å². The van der Waals surface area contributed by atoms with E-state index in [0.717, 1.165) is 12.8 Å². The molecule has 0 bridgehead atoms. The number of nitrogens with zero attached hydrogens (tertiary/aromatic N) is 1. The zero-order chi connectivity index (χ0) is 14.2.